The third-order valence-corrected chi connectivity index (χ3v) is 0.858. The van der Waals surface area contributed by atoms with Crippen LogP contribution in [0.1, 0.15) is 0 Å². The third-order valence-electron chi connectivity index (χ3n) is 0.286. The van der Waals surface area contributed by atoms with Gasteiger partial charge in [-0.1, -0.05) is 0 Å². The Hall–Kier alpha value is -0.520. The summed E-state index contributed by atoms with van der Waals surface area (Å²) in [4.78, 5) is 9.17. The minimum Gasteiger partial charge on any atom is -0.260 e. The fourth-order valence-corrected chi connectivity index (χ4v) is 0.407. The second kappa shape index (κ2) is 2.17. The summed E-state index contributed by atoms with van der Waals surface area (Å²) in [5, 5.41) is 0. The van der Waals surface area contributed by atoms with Crippen molar-refractivity contribution >= 4 is 16.3 Å². The predicted molar refractivity (Wildman–Crippen MR) is 21.0 cm³/mol. The smallest absolute Gasteiger partial charge is 0.260 e. The van der Waals surface area contributed by atoms with Crippen molar-refractivity contribution in [1.82, 2.24) is 0 Å². The van der Waals surface area contributed by atoms with Crippen molar-refractivity contribution in [2.75, 3.05) is 5.75 Å². The Balaban J connectivity index is 3.95. The van der Waals surface area contributed by atoms with E-state index in [9.17, 15) is 21.5 Å². The van der Waals surface area contributed by atoms with Gasteiger partial charge in [-0.3, -0.25) is 4.79 Å². The van der Waals surface area contributed by atoms with Gasteiger partial charge in [-0.25, -0.2) is 0 Å². The number of carbonyl (C=O) groups excluding carboxylic acids is 1. The molecule has 0 bridgehead atoms. The molecule has 0 spiro atoms. The molecule has 0 rings (SSSR count). The van der Waals surface area contributed by atoms with Crippen LogP contribution >= 0.6 is 0 Å². The van der Waals surface area contributed by atoms with Crippen LogP contribution in [0.2, 0.25) is 0 Å². The standard InChI is InChI=1S/C2H2F2O3S/c3-2(5)1-8(4,6)7/h1H2. The molecule has 0 saturated heterocycles. The molecule has 0 saturated carbocycles. The van der Waals surface area contributed by atoms with E-state index in [2.05, 4.69) is 0 Å². The van der Waals surface area contributed by atoms with Gasteiger partial charge in [0.25, 0.3) is 0 Å². The molecular formula is C2H2F2O3S. The van der Waals surface area contributed by atoms with E-state index < -0.39 is 22.0 Å². The van der Waals surface area contributed by atoms with Crippen molar-refractivity contribution in [2.45, 2.75) is 0 Å². The van der Waals surface area contributed by atoms with Crippen LogP contribution in [-0.2, 0) is 15.0 Å². The Kier molecular flexibility index (Phi) is 2.02. The molecule has 0 amide bonds. The molecule has 0 fully saturated rings. The Bertz CT molecular complexity index is 181. The van der Waals surface area contributed by atoms with Crippen molar-refractivity contribution in [2.24, 2.45) is 0 Å². The van der Waals surface area contributed by atoms with E-state index in [4.69, 9.17) is 0 Å². The summed E-state index contributed by atoms with van der Waals surface area (Å²) < 4.78 is 40.7. The lowest BCUT2D eigenvalue weighted by atomic mass is 10.9. The second-order valence-corrected chi connectivity index (χ2v) is 2.40. The largest absolute Gasteiger partial charge is 0.319 e. The summed E-state index contributed by atoms with van der Waals surface area (Å²) in [6.07, 6.45) is 0. The van der Waals surface area contributed by atoms with Gasteiger partial charge in [0.2, 0.25) is 0 Å². The third kappa shape index (κ3) is 5.48. The van der Waals surface area contributed by atoms with Crippen LogP contribution in [0.25, 0.3) is 0 Å². The first-order valence-electron chi connectivity index (χ1n) is 1.52. The van der Waals surface area contributed by atoms with Crippen LogP contribution in [-0.4, -0.2) is 20.2 Å². The second-order valence-electron chi connectivity index (χ2n) is 1.04. The van der Waals surface area contributed by atoms with E-state index in [1.165, 1.54) is 0 Å². The molecule has 0 aliphatic heterocycles. The van der Waals surface area contributed by atoms with Crippen molar-refractivity contribution in [3.63, 3.8) is 0 Å². The summed E-state index contributed by atoms with van der Waals surface area (Å²) in [5.41, 5.74) is 0. The van der Waals surface area contributed by atoms with Crippen molar-refractivity contribution in [1.29, 1.82) is 0 Å². The lowest BCUT2D eigenvalue weighted by Crippen LogP contribution is -2.05. The fourth-order valence-electron chi connectivity index (χ4n) is 0.136. The molecule has 0 aliphatic rings. The van der Waals surface area contributed by atoms with Gasteiger partial charge < -0.3 is 0 Å². The van der Waals surface area contributed by atoms with Crippen LogP contribution in [0.4, 0.5) is 8.28 Å². The average Bonchev–Trinajstić information content (AvgIpc) is 1.21. The molecule has 48 valence electrons. The normalized spacial score (nSPS) is 11.2. The van der Waals surface area contributed by atoms with E-state index in [1.54, 1.807) is 0 Å². The first-order chi connectivity index (χ1) is 3.42. The minimum absolute atomic E-state index is 1.67. The van der Waals surface area contributed by atoms with E-state index in [-0.39, 0.29) is 0 Å². The summed E-state index contributed by atoms with van der Waals surface area (Å²) in [5.74, 6) is -1.67. The highest BCUT2D eigenvalue weighted by Crippen LogP contribution is 1.90. The highest BCUT2D eigenvalue weighted by atomic mass is 32.3. The first kappa shape index (κ1) is 7.48. The monoisotopic (exact) mass is 144 g/mol. The first-order valence-corrected chi connectivity index (χ1v) is 3.08. The Morgan fingerprint density at radius 1 is 1.50 bits per heavy atom. The number of carbonyl (C=O) groups is 1. The highest BCUT2D eigenvalue weighted by Gasteiger charge is 2.12. The van der Waals surface area contributed by atoms with Gasteiger partial charge in [-0.2, -0.15) is 12.8 Å². The van der Waals surface area contributed by atoms with Crippen LogP contribution < -0.4 is 0 Å². The van der Waals surface area contributed by atoms with Crippen LogP contribution in [0.5, 0.6) is 0 Å². The van der Waals surface area contributed by atoms with E-state index in [1.807, 2.05) is 0 Å². The van der Waals surface area contributed by atoms with Gasteiger partial charge in [-0.05, 0) is 0 Å². The number of rotatable bonds is 2. The predicted octanol–water partition coefficient (Wildman–Crippen LogP) is -0.218. The van der Waals surface area contributed by atoms with Crippen molar-refractivity contribution in [3.8, 4) is 0 Å². The van der Waals surface area contributed by atoms with E-state index in [0.29, 0.717) is 0 Å². The molecule has 0 aromatic carbocycles. The Morgan fingerprint density at radius 2 is 1.88 bits per heavy atom. The molecule has 3 nitrogen and oxygen atoms in total. The maximum atomic E-state index is 11.2. The average molecular weight is 144 g/mol. The van der Waals surface area contributed by atoms with Gasteiger partial charge >= 0.3 is 16.3 Å². The molecular weight excluding hydrogens is 142 g/mol. The molecule has 0 N–H and O–H groups in total. The van der Waals surface area contributed by atoms with E-state index in [0.717, 1.165) is 0 Å². The maximum Gasteiger partial charge on any atom is 0.319 e. The van der Waals surface area contributed by atoms with Crippen molar-refractivity contribution in [3.05, 3.63) is 0 Å². The van der Waals surface area contributed by atoms with Gasteiger partial charge in [0.1, 0.15) is 0 Å². The minimum atomic E-state index is -4.95. The zero-order chi connectivity index (χ0) is 6.78. The summed E-state index contributed by atoms with van der Waals surface area (Å²) >= 11 is 0. The summed E-state index contributed by atoms with van der Waals surface area (Å²) in [6, 6.07) is -2.19. The maximum absolute atomic E-state index is 11.2. The van der Waals surface area contributed by atoms with Crippen LogP contribution in [0.15, 0.2) is 0 Å². The molecule has 0 radical (unpaired) electrons. The topological polar surface area (TPSA) is 51.2 Å². The Labute approximate surface area is 44.5 Å². The SMILES string of the molecule is O=C(F)CS(=O)(=O)F. The van der Waals surface area contributed by atoms with Crippen LogP contribution in [0, 0.1) is 0 Å². The lowest BCUT2D eigenvalue weighted by molar-refractivity contribution is -0.126. The molecule has 0 atom stereocenters. The molecule has 6 heteroatoms. The number of hydrogen-bond donors (Lipinski definition) is 0. The van der Waals surface area contributed by atoms with Gasteiger partial charge in [0.05, 0.1) is 0 Å². The highest BCUT2D eigenvalue weighted by molar-refractivity contribution is 7.87. The molecule has 8 heavy (non-hydrogen) atoms. The molecule has 0 aromatic rings. The molecule has 0 heterocycles. The van der Waals surface area contributed by atoms with Gasteiger partial charge in [0.15, 0.2) is 5.75 Å². The summed E-state index contributed by atoms with van der Waals surface area (Å²) in [6.45, 7) is 0. The summed E-state index contributed by atoms with van der Waals surface area (Å²) in [7, 11) is -4.95. The number of halogens is 2. The molecule has 0 aliphatic carbocycles. The van der Waals surface area contributed by atoms with Gasteiger partial charge in [0, 0.05) is 0 Å². The quantitative estimate of drug-likeness (QED) is 0.503. The van der Waals surface area contributed by atoms with Crippen LogP contribution in [0.3, 0.4) is 0 Å². The van der Waals surface area contributed by atoms with E-state index >= 15 is 0 Å². The zero-order valence-corrected chi connectivity index (χ0v) is 4.41. The molecule has 0 unspecified atom stereocenters. The number of hydrogen-bond acceptors (Lipinski definition) is 3. The Morgan fingerprint density at radius 3 is 1.88 bits per heavy atom. The zero-order valence-electron chi connectivity index (χ0n) is 3.60. The lowest BCUT2D eigenvalue weighted by Gasteiger charge is -1.80. The van der Waals surface area contributed by atoms with Crippen molar-refractivity contribution < 1.29 is 21.5 Å². The fraction of sp³-hybridized carbons (Fsp3) is 0.500. The van der Waals surface area contributed by atoms with Gasteiger partial charge in [-0.15, -0.1) is 3.89 Å². The molecule has 0 aromatic heterocycles.